The van der Waals surface area contributed by atoms with Crippen LogP contribution < -0.4 is 5.32 Å². The van der Waals surface area contributed by atoms with Crippen molar-refractivity contribution in [3.05, 3.63) is 47.5 Å². The van der Waals surface area contributed by atoms with Gasteiger partial charge in [-0.05, 0) is 56.7 Å². The van der Waals surface area contributed by atoms with E-state index >= 15 is 0 Å². The Labute approximate surface area is 158 Å². The van der Waals surface area contributed by atoms with Gasteiger partial charge in [-0.15, -0.1) is 5.10 Å². The van der Waals surface area contributed by atoms with Crippen LogP contribution in [-0.4, -0.2) is 51.0 Å². The molecule has 2 heterocycles. The van der Waals surface area contributed by atoms with Crippen LogP contribution in [0.25, 0.3) is 0 Å². The standard InChI is InChI=1S/C20H26FN5O/c1-14(12-15-2-4-16(21)5-3-15)25-10-8-18(9-11-25)26-13-19(23-24-26)20(27)22-17-6-7-17/h2-5,13-14,17-18H,6-12H2,1H3,(H,22,27). The number of likely N-dealkylation sites (tertiary alicyclic amines) is 1. The smallest absolute Gasteiger partial charge is 0.273 e. The molecule has 1 aromatic carbocycles. The number of rotatable bonds is 6. The average Bonchev–Trinajstić information content (AvgIpc) is 3.35. The number of benzene rings is 1. The van der Waals surface area contributed by atoms with Gasteiger partial charge in [0.2, 0.25) is 0 Å². The van der Waals surface area contributed by atoms with Crippen LogP contribution in [0.15, 0.2) is 30.5 Å². The van der Waals surface area contributed by atoms with Gasteiger partial charge in [-0.2, -0.15) is 0 Å². The van der Waals surface area contributed by atoms with Gasteiger partial charge in [-0.1, -0.05) is 17.3 Å². The Bertz CT molecular complexity index is 778. The fourth-order valence-electron chi connectivity index (χ4n) is 3.73. The minimum absolute atomic E-state index is 0.117. The maximum Gasteiger partial charge on any atom is 0.273 e. The lowest BCUT2D eigenvalue weighted by atomic mass is 10.0. The third-order valence-electron chi connectivity index (χ3n) is 5.60. The van der Waals surface area contributed by atoms with Crippen LogP contribution in [0.4, 0.5) is 4.39 Å². The largest absolute Gasteiger partial charge is 0.348 e. The molecule has 1 unspecified atom stereocenters. The summed E-state index contributed by atoms with van der Waals surface area (Å²) in [5, 5.41) is 11.2. The second-order valence-corrected chi connectivity index (χ2v) is 7.78. The first-order valence-electron chi connectivity index (χ1n) is 9.79. The van der Waals surface area contributed by atoms with E-state index in [1.165, 1.54) is 12.1 Å². The Morgan fingerprint density at radius 1 is 1.22 bits per heavy atom. The minimum atomic E-state index is -0.190. The molecular formula is C20H26FN5O. The number of hydrogen-bond donors (Lipinski definition) is 1. The summed E-state index contributed by atoms with van der Waals surface area (Å²) in [6.07, 6.45) is 6.80. The monoisotopic (exact) mass is 371 g/mol. The second kappa shape index (κ2) is 7.76. The molecule has 1 amide bonds. The molecule has 27 heavy (non-hydrogen) atoms. The number of nitrogens with one attached hydrogen (secondary N) is 1. The van der Waals surface area contributed by atoms with E-state index in [2.05, 4.69) is 27.5 Å². The fraction of sp³-hybridized carbons (Fsp3) is 0.550. The molecule has 4 rings (SSSR count). The van der Waals surface area contributed by atoms with Gasteiger partial charge in [-0.3, -0.25) is 4.79 Å². The SMILES string of the molecule is CC(Cc1ccc(F)cc1)N1CCC(n2cc(C(=O)NC3CC3)nn2)CC1. The first-order valence-corrected chi connectivity index (χ1v) is 9.79. The third-order valence-corrected chi connectivity index (χ3v) is 5.60. The highest BCUT2D eigenvalue weighted by Gasteiger charge is 2.27. The molecule has 0 bridgehead atoms. The molecule has 1 N–H and O–H groups in total. The first kappa shape index (κ1) is 18.1. The summed E-state index contributed by atoms with van der Waals surface area (Å²) in [5.41, 5.74) is 1.57. The first-order chi connectivity index (χ1) is 13.1. The predicted molar refractivity (Wildman–Crippen MR) is 99.9 cm³/mol. The topological polar surface area (TPSA) is 63.1 Å². The minimum Gasteiger partial charge on any atom is -0.348 e. The zero-order valence-corrected chi connectivity index (χ0v) is 15.6. The normalized spacial score (nSPS) is 19.8. The molecule has 1 atom stereocenters. The maximum atomic E-state index is 13.1. The molecule has 0 radical (unpaired) electrons. The summed E-state index contributed by atoms with van der Waals surface area (Å²) in [4.78, 5) is 14.5. The van der Waals surface area contributed by atoms with Crippen LogP contribution >= 0.6 is 0 Å². The highest BCUT2D eigenvalue weighted by Crippen LogP contribution is 2.24. The molecule has 1 aliphatic heterocycles. The molecule has 2 aliphatic rings. The summed E-state index contributed by atoms with van der Waals surface area (Å²) in [5.74, 6) is -0.306. The summed E-state index contributed by atoms with van der Waals surface area (Å²) in [7, 11) is 0. The van der Waals surface area contributed by atoms with E-state index in [0.29, 0.717) is 17.8 Å². The van der Waals surface area contributed by atoms with Crippen LogP contribution in [0.1, 0.15) is 54.7 Å². The molecule has 1 aromatic heterocycles. The molecule has 7 heteroatoms. The molecule has 0 spiro atoms. The van der Waals surface area contributed by atoms with Crippen molar-refractivity contribution in [2.45, 2.75) is 57.2 Å². The summed E-state index contributed by atoms with van der Waals surface area (Å²) in [6, 6.07) is 7.80. The van der Waals surface area contributed by atoms with Crippen LogP contribution in [0.3, 0.4) is 0 Å². The maximum absolute atomic E-state index is 13.1. The van der Waals surface area contributed by atoms with Gasteiger partial charge >= 0.3 is 0 Å². The molecular weight excluding hydrogens is 345 g/mol. The number of carbonyl (C=O) groups is 1. The van der Waals surface area contributed by atoms with E-state index in [-0.39, 0.29) is 17.8 Å². The molecule has 1 saturated carbocycles. The lowest BCUT2D eigenvalue weighted by molar-refractivity contribution is 0.0946. The molecule has 2 aromatic rings. The lowest BCUT2D eigenvalue weighted by Gasteiger charge is -2.36. The van der Waals surface area contributed by atoms with Crippen molar-refractivity contribution in [2.24, 2.45) is 0 Å². The Balaban J connectivity index is 1.28. The van der Waals surface area contributed by atoms with Crippen LogP contribution in [0, 0.1) is 5.82 Å². The third kappa shape index (κ3) is 4.53. The molecule has 144 valence electrons. The predicted octanol–water partition coefficient (Wildman–Crippen LogP) is 2.58. The van der Waals surface area contributed by atoms with Crippen molar-refractivity contribution in [1.29, 1.82) is 0 Å². The number of halogens is 1. The van der Waals surface area contributed by atoms with Crippen molar-refractivity contribution in [2.75, 3.05) is 13.1 Å². The molecule has 1 aliphatic carbocycles. The van der Waals surface area contributed by atoms with Crippen molar-refractivity contribution < 1.29 is 9.18 Å². The Hall–Kier alpha value is -2.28. The number of carbonyl (C=O) groups excluding carboxylic acids is 1. The van der Waals surface area contributed by atoms with E-state index < -0.39 is 0 Å². The van der Waals surface area contributed by atoms with Crippen LogP contribution in [0.2, 0.25) is 0 Å². The number of piperidine rings is 1. The lowest BCUT2D eigenvalue weighted by Crippen LogP contribution is -2.41. The number of amides is 1. The van der Waals surface area contributed by atoms with Crippen molar-refractivity contribution in [3.63, 3.8) is 0 Å². The number of hydrogen-bond acceptors (Lipinski definition) is 4. The molecule has 2 fully saturated rings. The van der Waals surface area contributed by atoms with Crippen LogP contribution in [0.5, 0.6) is 0 Å². The average molecular weight is 371 g/mol. The molecule has 6 nitrogen and oxygen atoms in total. The van der Waals surface area contributed by atoms with Crippen molar-refractivity contribution in [1.82, 2.24) is 25.2 Å². The van der Waals surface area contributed by atoms with Gasteiger partial charge < -0.3 is 10.2 Å². The van der Waals surface area contributed by atoms with E-state index in [0.717, 1.165) is 50.8 Å². The summed E-state index contributed by atoms with van der Waals surface area (Å²) < 4.78 is 14.9. The van der Waals surface area contributed by atoms with Gasteiger partial charge in [0.25, 0.3) is 5.91 Å². The summed E-state index contributed by atoms with van der Waals surface area (Å²) in [6.45, 7) is 4.19. The quantitative estimate of drug-likeness (QED) is 0.848. The van der Waals surface area contributed by atoms with Gasteiger partial charge in [0, 0.05) is 25.2 Å². The Kier molecular flexibility index (Phi) is 5.20. The van der Waals surface area contributed by atoms with E-state index in [4.69, 9.17) is 0 Å². The van der Waals surface area contributed by atoms with E-state index in [9.17, 15) is 9.18 Å². The van der Waals surface area contributed by atoms with Gasteiger partial charge in [-0.25, -0.2) is 9.07 Å². The zero-order chi connectivity index (χ0) is 18.8. The van der Waals surface area contributed by atoms with E-state index in [1.54, 1.807) is 6.20 Å². The highest BCUT2D eigenvalue weighted by atomic mass is 19.1. The Morgan fingerprint density at radius 3 is 2.59 bits per heavy atom. The van der Waals surface area contributed by atoms with Gasteiger partial charge in [0.15, 0.2) is 5.69 Å². The van der Waals surface area contributed by atoms with Crippen molar-refractivity contribution >= 4 is 5.91 Å². The van der Waals surface area contributed by atoms with Crippen LogP contribution in [-0.2, 0) is 6.42 Å². The summed E-state index contributed by atoms with van der Waals surface area (Å²) >= 11 is 0. The number of nitrogens with zero attached hydrogens (tertiary/aromatic N) is 4. The highest BCUT2D eigenvalue weighted by molar-refractivity contribution is 5.92. The van der Waals surface area contributed by atoms with E-state index in [1.807, 2.05) is 16.8 Å². The van der Waals surface area contributed by atoms with Gasteiger partial charge in [0.1, 0.15) is 5.82 Å². The zero-order valence-electron chi connectivity index (χ0n) is 15.6. The fourth-order valence-corrected chi connectivity index (χ4v) is 3.73. The second-order valence-electron chi connectivity index (χ2n) is 7.78. The number of aromatic nitrogens is 3. The van der Waals surface area contributed by atoms with Crippen molar-refractivity contribution in [3.8, 4) is 0 Å². The Morgan fingerprint density at radius 2 is 1.93 bits per heavy atom. The molecule has 1 saturated heterocycles. The van der Waals surface area contributed by atoms with Gasteiger partial charge in [0.05, 0.1) is 12.2 Å².